The fourth-order valence-corrected chi connectivity index (χ4v) is 2.49. The van der Waals surface area contributed by atoms with Gasteiger partial charge in [-0.05, 0) is 42.5 Å². The molecule has 0 unspecified atom stereocenters. The summed E-state index contributed by atoms with van der Waals surface area (Å²) in [7, 11) is 1.51. The molecular weight excluding hydrogens is 375 g/mol. The number of rotatable bonds is 5. The zero-order chi connectivity index (χ0) is 18.5. The molecule has 3 rings (SSSR count). The lowest BCUT2D eigenvalue weighted by Crippen LogP contribution is -2.15. The second-order valence-corrected chi connectivity index (χ2v) is 6.09. The number of hydrogen-bond acceptors (Lipinski definition) is 5. The molecule has 0 bridgehead atoms. The van der Waals surface area contributed by atoms with Crippen molar-refractivity contribution in [3.63, 3.8) is 0 Å². The second kappa shape index (κ2) is 8.03. The molecule has 0 spiro atoms. The maximum Gasteiger partial charge on any atom is 0.274 e. The summed E-state index contributed by atoms with van der Waals surface area (Å²) in [6.07, 6.45) is 1.31. The van der Waals surface area contributed by atoms with E-state index in [1.165, 1.54) is 13.4 Å². The molecule has 0 radical (unpaired) electrons. The normalized spacial score (nSPS) is 10.3. The highest BCUT2D eigenvalue weighted by atomic mass is 35.5. The van der Waals surface area contributed by atoms with Crippen molar-refractivity contribution >= 4 is 46.3 Å². The summed E-state index contributed by atoms with van der Waals surface area (Å²) >= 11 is 11.8. The van der Waals surface area contributed by atoms with E-state index in [2.05, 4.69) is 20.6 Å². The van der Waals surface area contributed by atoms with Gasteiger partial charge in [0.25, 0.3) is 5.91 Å². The topological polar surface area (TPSA) is 76.1 Å². The van der Waals surface area contributed by atoms with Gasteiger partial charge in [0.05, 0.1) is 12.8 Å². The van der Waals surface area contributed by atoms with E-state index in [-0.39, 0.29) is 5.69 Å². The smallest absolute Gasteiger partial charge is 0.274 e. The number of carbonyl (C=O) groups is 1. The molecular formula is C18H14Cl2N4O2. The fourth-order valence-electron chi connectivity index (χ4n) is 2.20. The summed E-state index contributed by atoms with van der Waals surface area (Å²) in [6, 6.07) is 13.6. The third-order valence-corrected chi connectivity index (χ3v) is 3.91. The molecule has 0 fully saturated rings. The molecule has 1 aromatic heterocycles. The van der Waals surface area contributed by atoms with E-state index in [1.54, 1.807) is 48.5 Å². The number of methoxy groups -OCH3 is 1. The Kier molecular flexibility index (Phi) is 5.55. The van der Waals surface area contributed by atoms with Gasteiger partial charge in [0.2, 0.25) is 0 Å². The summed E-state index contributed by atoms with van der Waals surface area (Å²) in [5.74, 6) is 0.564. The number of nitrogens with one attached hydrogen (secondary N) is 2. The van der Waals surface area contributed by atoms with Gasteiger partial charge in [-0.1, -0.05) is 23.2 Å². The van der Waals surface area contributed by atoms with Crippen LogP contribution in [0.3, 0.4) is 0 Å². The summed E-state index contributed by atoms with van der Waals surface area (Å²) < 4.78 is 5.22. The SMILES string of the molecule is COc1ccc(Cl)cc1NC(=O)c1cc(Nc2ccc(Cl)cc2)ncn1. The van der Waals surface area contributed by atoms with Gasteiger partial charge in [0.1, 0.15) is 23.6 Å². The number of benzene rings is 2. The van der Waals surface area contributed by atoms with Crippen molar-refractivity contribution in [2.75, 3.05) is 17.7 Å². The van der Waals surface area contributed by atoms with Gasteiger partial charge in [-0.15, -0.1) is 0 Å². The molecule has 1 amide bonds. The molecule has 6 nitrogen and oxygen atoms in total. The van der Waals surface area contributed by atoms with Crippen molar-refractivity contribution in [2.45, 2.75) is 0 Å². The standard InChI is InChI=1S/C18H14Cl2N4O2/c1-26-16-7-4-12(20)8-14(16)24-18(25)15-9-17(22-10-21-15)23-13-5-2-11(19)3-6-13/h2-10H,1H3,(H,24,25)(H,21,22,23). The minimum Gasteiger partial charge on any atom is -0.495 e. The summed E-state index contributed by atoms with van der Waals surface area (Å²) in [5.41, 5.74) is 1.44. The van der Waals surface area contributed by atoms with Gasteiger partial charge in [0, 0.05) is 21.8 Å². The predicted molar refractivity (Wildman–Crippen MR) is 103 cm³/mol. The Bertz CT molecular complexity index is 933. The van der Waals surface area contributed by atoms with Crippen LogP contribution in [0, 0.1) is 0 Å². The maximum atomic E-state index is 12.5. The first-order valence-corrected chi connectivity index (χ1v) is 8.30. The Morgan fingerprint density at radius 3 is 2.46 bits per heavy atom. The fraction of sp³-hybridized carbons (Fsp3) is 0.0556. The van der Waals surface area contributed by atoms with E-state index >= 15 is 0 Å². The third-order valence-electron chi connectivity index (χ3n) is 3.43. The molecule has 0 aliphatic rings. The largest absolute Gasteiger partial charge is 0.495 e. The van der Waals surface area contributed by atoms with Gasteiger partial charge >= 0.3 is 0 Å². The minimum atomic E-state index is -0.410. The van der Waals surface area contributed by atoms with Gasteiger partial charge < -0.3 is 15.4 Å². The third kappa shape index (κ3) is 4.41. The molecule has 3 aromatic rings. The van der Waals surface area contributed by atoms with Gasteiger partial charge in [-0.2, -0.15) is 0 Å². The molecule has 0 atom stereocenters. The molecule has 8 heteroatoms. The van der Waals surface area contributed by atoms with Crippen LogP contribution in [0.2, 0.25) is 10.0 Å². The van der Waals surface area contributed by atoms with Crippen LogP contribution in [0.25, 0.3) is 0 Å². The van der Waals surface area contributed by atoms with Crippen LogP contribution in [-0.2, 0) is 0 Å². The minimum absolute atomic E-state index is 0.193. The number of amides is 1. The number of anilines is 3. The van der Waals surface area contributed by atoms with Crippen LogP contribution in [-0.4, -0.2) is 23.0 Å². The van der Waals surface area contributed by atoms with E-state index in [9.17, 15) is 4.79 Å². The number of aromatic nitrogens is 2. The number of nitrogens with zero attached hydrogens (tertiary/aromatic N) is 2. The molecule has 2 N–H and O–H groups in total. The van der Waals surface area contributed by atoms with Crippen LogP contribution >= 0.6 is 23.2 Å². The molecule has 26 heavy (non-hydrogen) atoms. The molecule has 0 aliphatic heterocycles. The number of carbonyl (C=O) groups excluding carboxylic acids is 1. The monoisotopic (exact) mass is 388 g/mol. The summed E-state index contributed by atoms with van der Waals surface area (Å²) in [6.45, 7) is 0. The summed E-state index contributed by atoms with van der Waals surface area (Å²) in [5, 5.41) is 6.93. The first-order chi connectivity index (χ1) is 12.5. The molecule has 2 aromatic carbocycles. The Hall–Kier alpha value is -2.83. The van der Waals surface area contributed by atoms with Crippen molar-refractivity contribution in [1.82, 2.24) is 9.97 Å². The van der Waals surface area contributed by atoms with E-state index in [0.29, 0.717) is 27.3 Å². The Morgan fingerprint density at radius 2 is 1.73 bits per heavy atom. The zero-order valence-corrected chi connectivity index (χ0v) is 15.2. The number of halogens is 2. The van der Waals surface area contributed by atoms with Crippen LogP contribution in [0.1, 0.15) is 10.5 Å². The van der Waals surface area contributed by atoms with Crippen LogP contribution < -0.4 is 15.4 Å². The Balaban J connectivity index is 1.78. The first-order valence-electron chi connectivity index (χ1n) is 7.54. The van der Waals surface area contributed by atoms with Crippen molar-refractivity contribution in [1.29, 1.82) is 0 Å². The molecule has 0 saturated carbocycles. The zero-order valence-electron chi connectivity index (χ0n) is 13.7. The summed E-state index contributed by atoms with van der Waals surface area (Å²) in [4.78, 5) is 20.6. The van der Waals surface area contributed by atoms with E-state index in [0.717, 1.165) is 5.69 Å². The highest BCUT2D eigenvalue weighted by Crippen LogP contribution is 2.28. The Labute approximate surface area is 160 Å². The van der Waals surface area contributed by atoms with Crippen molar-refractivity contribution in [2.24, 2.45) is 0 Å². The Morgan fingerprint density at radius 1 is 1.00 bits per heavy atom. The van der Waals surface area contributed by atoms with Crippen molar-refractivity contribution in [3.8, 4) is 5.75 Å². The van der Waals surface area contributed by atoms with Gasteiger partial charge in [0.15, 0.2) is 0 Å². The second-order valence-electron chi connectivity index (χ2n) is 5.22. The number of hydrogen-bond donors (Lipinski definition) is 2. The average Bonchev–Trinajstić information content (AvgIpc) is 2.64. The molecule has 0 aliphatic carbocycles. The van der Waals surface area contributed by atoms with E-state index < -0.39 is 5.91 Å². The van der Waals surface area contributed by atoms with Crippen LogP contribution in [0.15, 0.2) is 54.9 Å². The van der Waals surface area contributed by atoms with Crippen molar-refractivity contribution in [3.05, 3.63) is 70.6 Å². The lowest BCUT2D eigenvalue weighted by molar-refractivity contribution is 0.102. The molecule has 132 valence electrons. The first kappa shape index (κ1) is 18.0. The molecule has 1 heterocycles. The number of ether oxygens (including phenoxy) is 1. The van der Waals surface area contributed by atoms with Crippen LogP contribution in [0.5, 0.6) is 5.75 Å². The average molecular weight is 389 g/mol. The van der Waals surface area contributed by atoms with Crippen LogP contribution in [0.4, 0.5) is 17.2 Å². The predicted octanol–water partition coefficient (Wildman–Crippen LogP) is 4.79. The van der Waals surface area contributed by atoms with E-state index in [1.807, 2.05) is 0 Å². The highest BCUT2D eigenvalue weighted by molar-refractivity contribution is 6.31. The lowest BCUT2D eigenvalue weighted by atomic mass is 10.2. The maximum absolute atomic E-state index is 12.5. The van der Waals surface area contributed by atoms with Crippen molar-refractivity contribution < 1.29 is 9.53 Å². The lowest BCUT2D eigenvalue weighted by Gasteiger charge is -2.11. The quantitative estimate of drug-likeness (QED) is 0.656. The van der Waals surface area contributed by atoms with E-state index in [4.69, 9.17) is 27.9 Å². The van der Waals surface area contributed by atoms with Gasteiger partial charge in [-0.25, -0.2) is 9.97 Å². The molecule has 0 saturated heterocycles. The van der Waals surface area contributed by atoms with Gasteiger partial charge in [-0.3, -0.25) is 4.79 Å². The highest BCUT2D eigenvalue weighted by Gasteiger charge is 2.13.